The van der Waals surface area contributed by atoms with Gasteiger partial charge in [0.1, 0.15) is 11.6 Å². The number of carbonyl (C=O) groups is 1. The number of rotatable bonds is 7. The lowest BCUT2D eigenvalue weighted by molar-refractivity contribution is 0.0967. The molecular formula is C22H30N8O3S. The van der Waals surface area contributed by atoms with Crippen molar-refractivity contribution in [2.75, 3.05) is 11.6 Å². The van der Waals surface area contributed by atoms with E-state index in [1.54, 1.807) is 29.9 Å². The van der Waals surface area contributed by atoms with Crippen LogP contribution < -0.4 is 10.6 Å². The van der Waals surface area contributed by atoms with E-state index in [1.165, 1.54) is 6.26 Å². The van der Waals surface area contributed by atoms with Crippen molar-refractivity contribution < 1.29 is 13.7 Å². The summed E-state index contributed by atoms with van der Waals surface area (Å²) in [5, 5.41) is 17.6. The van der Waals surface area contributed by atoms with Crippen molar-refractivity contribution in [3.8, 4) is 0 Å². The Balaban J connectivity index is 1.25. The molecule has 5 rings (SSSR count). The van der Waals surface area contributed by atoms with Crippen LogP contribution in [-0.2, 0) is 14.5 Å². The SMILES string of the molecule is CC(c1cc2c(Nc3cc(C4CCC(OC(=O)NC5(C)CC5)C4)[nH]n3)nccn2n1)S(C)(=N)=O. The summed E-state index contributed by atoms with van der Waals surface area (Å²) in [6, 6.07) is 3.75. The highest BCUT2D eigenvalue weighted by molar-refractivity contribution is 7.91. The van der Waals surface area contributed by atoms with Gasteiger partial charge in [-0.05, 0) is 52.0 Å². The third-order valence-electron chi connectivity index (χ3n) is 6.85. The molecule has 0 radical (unpaired) electrons. The average molecular weight is 487 g/mol. The van der Waals surface area contributed by atoms with Gasteiger partial charge in [-0.1, -0.05) is 0 Å². The zero-order valence-corrected chi connectivity index (χ0v) is 20.3. The molecule has 2 aliphatic carbocycles. The van der Waals surface area contributed by atoms with Gasteiger partial charge in [0.2, 0.25) is 0 Å². The van der Waals surface area contributed by atoms with Crippen LogP contribution in [0.5, 0.6) is 0 Å². The highest BCUT2D eigenvalue weighted by atomic mass is 32.2. The summed E-state index contributed by atoms with van der Waals surface area (Å²) in [7, 11) is -2.77. The molecule has 0 bridgehead atoms. The van der Waals surface area contributed by atoms with Gasteiger partial charge in [-0.3, -0.25) is 9.88 Å². The Bertz CT molecular complexity index is 1330. The molecule has 2 saturated carbocycles. The molecule has 2 fully saturated rings. The van der Waals surface area contributed by atoms with Gasteiger partial charge < -0.3 is 15.4 Å². The van der Waals surface area contributed by atoms with E-state index < -0.39 is 15.0 Å². The molecule has 0 aliphatic heterocycles. The number of fused-ring (bicyclic) bond motifs is 1. The summed E-state index contributed by atoms with van der Waals surface area (Å²) in [6.45, 7) is 3.77. The molecule has 182 valence electrons. The minimum Gasteiger partial charge on any atom is -0.446 e. The van der Waals surface area contributed by atoms with Crippen LogP contribution in [0.15, 0.2) is 24.5 Å². The van der Waals surface area contributed by atoms with Crippen molar-refractivity contribution in [3.05, 3.63) is 35.9 Å². The molecule has 12 heteroatoms. The van der Waals surface area contributed by atoms with Crippen molar-refractivity contribution in [3.63, 3.8) is 0 Å². The molecule has 4 unspecified atom stereocenters. The lowest BCUT2D eigenvalue weighted by Gasteiger charge is -2.16. The first-order valence-electron chi connectivity index (χ1n) is 11.5. The van der Waals surface area contributed by atoms with Gasteiger partial charge >= 0.3 is 6.09 Å². The zero-order chi connectivity index (χ0) is 24.1. The first kappa shape index (κ1) is 22.6. The lowest BCUT2D eigenvalue weighted by Crippen LogP contribution is -2.36. The summed E-state index contributed by atoms with van der Waals surface area (Å²) in [5.41, 5.74) is 2.19. The van der Waals surface area contributed by atoms with E-state index in [2.05, 4.69) is 30.9 Å². The summed E-state index contributed by atoms with van der Waals surface area (Å²) in [6.07, 6.45) is 8.84. The molecule has 4 atom stereocenters. The van der Waals surface area contributed by atoms with E-state index in [-0.39, 0.29) is 23.7 Å². The fraction of sp³-hybridized carbons (Fsp3) is 0.545. The Morgan fingerprint density at radius 1 is 1.38 bits per heavy atom. The predicted octanol–water partition coefficient (Wildman–Crippen LogP) is 3.85. The lowest BCUT2D eigenvalue weighted by atomic mass is 10.0. The number of anilines is 2. The Kier molecular flexibility index (Phi) is 5.50. The molecule has 3 aromatic heterocycles. The third-order valence-corrected chi connectivity index (χ3v) is 8.44. The number of hydrogen-bond acceptors (Lipinski definition) is 8. The van der Waals surface area contributed by atoms with Crippen LogP contribution >= 0.6 is 0 Å². The van der Waals surface area contributed by atoms with Gasteiger partial charge in [-0.2, -0.15) is 10.2 Å². The van der Waals surface area contributed by atoms with E-state index in [4.69, 9.17) is 9.52 Å². The predicted molar refractivity (Wildman–Crippen MR) is 128 cm³/mol. The number of alkyl carbamates (subject to hydrolysis) is 1. The van der Waals surface area contributed by atoms with Gasteiger partial charge in [0.05, 0.1) is 10.9 Å². The number of nitrogens with zero attached hydrogens (tertiary/aromatic N) is 4. The Labute approximate surface area is 198 Å². The van der Waals surface area contributed by atoms with Crippen LogP contribution in [0.2, 0.25) is 0 Å². The fourth-order valence-corrected chi connectivity index (χ4v) is 4.84. The van der Waals surface area contributed by atoms with Crippen LogP contribution in [-0.4, -0.2) is 53.0 Å². The largest absolute Gasteiger partial charge is 0.446 e. The summed E-state index contributed by atoms with van der Waals surface area (Å²) < 4.78 is 27.3. The molecule has 0 aromatic carbocycles. The van der Waals surface area contributed by atoms with Crippen LogP contribution in [0.25, 0.3) is 5.52 Å². The number of amides is 1. The fourth-order valence-electron chi connectivity index (χ4n) is 4.27. The molecule has 11 nitrogen and oxygen atoms in total. The van der Waals surface area contributed by atoms with Crippen LogP contribution in [0.3, 0.4) is 0 Å². The minimum atomic E-state index is -2.77. The molecule has 34 heavy (non-hydrogen) atoms. The van der Waals surface area contributed by atoms with Gasteiger partial charge in [0, 0.05) is 51.6 Å². The maximum Gasteiger partial charge on any atom is 0.407 e. The van der Waals surface area contributed by atoms with Gasteiger partial charge in [0.15, 0.2) is 11.6 Å². The van der Waals surface area contributed by atoms with E-state index in [0.29, 0.717) is 22.8 Å². The molecular weight excluding hydrogens is 456 g/mol. The monoisotopic (exact) mass is 486 g/mol. The number of hydrogen-bond donors (Lipinski definition) is 4. The molecule has 0 spiro atoms. The average Bonchev–Trinajstić information content (AvgIpc) is 3.19. The van der Waals surface area contributed by atoms with E-state index >= 15 is 0 Å². The summed E-state index contributed by atoms with van der Waals surface area (Å²) in [4.78, 5) is 16.5. The van der Waals surface area contributed by atoms with Gasteiger partial charge in [0.25, 0.3) is 0 Å². The molecule has 4 N–H and O–H groups in total. The Hall–Kier alpha value is -3.15. The second kappa shape index (κ2) is 8.26. The topological polar surface area (TPSA) is 150 Å². The van der Waals surface area contributed by atoms with Gasteiger partial charge in [-0.25, -0.2) is 18.5 Å². The molecule has 0 saturated heterocycles. The third kappa shape index (κ3) is 4.72. The van der Waals surface area contributed by atoms with Crippen molar-refractivity contribution in [1.82, 2.24) is 30.1 Å². The molecule has 2 aliphatic rings. The van der Waals surface area contributed by atoms with Crippen LogP contribution in [0.4, 0.5) is 16.4 Å². The van der Waals surface area contributed by atoms with E-state index in [0.717, 1.165) is 37.8 Å². The molecule has 1 amide bonds. The summed E-state index contributed by atoms with van der Waals surface area (Å²) >= 11 is 0. The molecule has 3 heterocycles. The maximum absolute atomic E-state index is 12.2. The Morgan fingerprint density at radius 2 is 2.18 bits per heavy atom. The number of nitrogens with one attached hydrogen (secondary N) is 4. The highest BCUT2D eigenvalue weighted by Crippen LogP contribution is 2.37. The Morgan fingerprint density at radius 3 is 2.91 bits per heavy atom. The normalized spacial score (nSPS) is 23.9. The number of carbonyl (C=O) groups excluding carboxylic acids is 1. The maximum atomic E-state index is 12.2. The summed E-state index contributed by atoms with van der Waals surface area (Å²) in [5.74, 6) is 1.42. The van der Waals surface area contributed by atoms with Crippen molar-refractivity contribution in [2.45, 2.75) is 68.8 Å². The smallest absolute Gasteiger partial charge is 0.407 e. The van der Waals surface area contributed by atoms with E-state index in [1.807, 2.05) is 13.0 Å². The molecule has 3 aromatic rings. The number of aromatic nitrogens is 5. The van der Waals surface area contributed by atoms with Crippen molar-refractivity contribution >= 4 is 33.0 Å². The quantitative estimate of drug-likeness (QED) is 0.396. The first-order valence-corrected chi connectivity index (χ1v) is 13.5. The highest BCUT2D eigenvalue weighted by Gasteiger charge is 2.40. The standard InChI is InChI=1S/C22H30N8O3S/c1-13(34(3,23)32)16-11-18-20(24-8-9-30(18)29-16)25-19-12-17(27-28-19)14-4-5-15(10-14)33-21(31)26-22(2)6-7-22/h8-9,11-15,23H,4-7,10H2,1-3H3,(H,26,31)(H2,24,25,27,28). The van der Waals surface area contributed by atoms with Crippen molar-refractivity contribution in [1.29, 1.82) is 4.78 Å². The van der Waals surface area contributed by atoms with Crippen molar-refractivity contribution in [2.24, 2.45) is 0 Å². The minimum absolute atomic E-state index is 0.0821. The number of aromatic amines is 1. The second-order valence-corrected chi connectivity index (χ2v) is 12.3. The van der Waals surface area contributed by atoms with E-state index in [9.17, 15) is 9.00 Å². The zero-order valence-electron chi connectivity index (χ0n) is 19.5. The first-order chi connectivity index (χ1) is 16.1. The second-order valence-electron chi connectivity index (χ2n) is 9.78. The van der Waals surface area contributed by atoms with Gasteiger partial charge in [-0.15, -0.1) is 0 Å². The number of ether oxygens (including phenoxy) is 1. The van der Waals surface area contributed by atoms with Crippen LogP contribution in [0, 0.1) is 4.78 Å². The van der Waals surface area contributed by atoms with Crippen LogP contribution in [0.1, 0.15) is 68.5 Å². The number of H-pyrrole nitrogens is 1.